The summed E-state index contributed by atoms with van der Waals surface area (Å²) in [5, 5.41) is 121. The van der Waals surface area contributed by atoms with Crippen LogP contribution in [0.25, 0.3) is 0 Å². The summed E-state index contributed by atoms with van der Waals surface area (Å²) in [6, 6.07) is -1.00. The van der Waals surface area contributed by atoms with Crippen LogP contribution >= 0.6 is 0 Å². The number of allylic oxidation sites excluding steroid dienone is 21. The van der Waals surface area contributed by atoms with Crippen molar-refractivity contribution in [3.63, 3.8) is 0 Å². The van der Waals surface area contributed by atoms with E-state index in [0.717, 1.165) is 109 Å². The van der Waals surface area contributed by atoms with Crippen LogP contribution < -0.4 is 5.32 Å². The number of ether oxygens (including phenoxy) is 6. The molecule has 0 bridgehead atoms. The molecule has 3 heterocycles. The van der Waals surface area contributed by atoms with Gasteiger partial charge in [-0.05, 0) is 109 Å². The molecule has 0 spiro atoms. The van der Waals surface area contributed by atoms with Gasteiger partial charge in [-0.2, -0.15) is 0 Å². The molecule has 12 N–H and O–H groups in total. The Hall–Kier alpha value is -4.07. The van der Waals surface area contributed by atoms with Gasteiger partial charge in [-0.15, -0.1) is 0 Å². The minimum absolute atomic E-state index is 0.226. The highest BCUT2D eigenvalue weighted by molar-refractivity contribution is 5.76. The fraction of sp³-hybridized carbons (Fsp3) is 0.733. The normalized spacial score (nSPS) is 26.5. The van der Waals surface area contributed by atoms with Gasteiger partial charge in [-0.1, -0.05) is 289 Å². The van der Waals surface area contributed by atoms with Crippen LogP contribution in [0.4, 0.5) is 0 Å². The zero-order valence-corrected chi connectivity index (χ0v) is 64.4. The van der Waals surface area contributed by atoms with E-state index in [1.165, 1.54) is 128 Å². The summed E-state index contributed by atoms with van der Waals surface area (Å²) >= 11 is 0. The topological polar surface area (TPSA) is 307 Å². The Balaban J connectivity index is 1.33. The van der Waals surface area contributed by atoms with E-state index in [-0.39, 0.29) is 18.9 Å². The van der Waals surface area contributed by atoms with Gasteiger partial charge >= 0.3 is 0 Å². The summed E-state index contributed by atoms with van der Waals surface area (Å²) in [6.45, 7) is 1.59. The van der Waals surface area contributed by atoms with E-state index in [2.05, 4.69) is 141 Å². The number of rotatable bonds is 63. The molecule has 19 heteroatoms. The average molecular weight is 1480 g/mol. The molecule has 1 amide bonds. The summed E-state index contributed by atoms with van der Waals surface area (Å²) in [7, 11) is 0. The van der Waals surface area contributed by atoms with Gasteiger partial charge in [0.15, 0.2) is 18.9 Å². The molecule has 105 heavy (non-hydrogen) atoms. The van der Waals surface area contributed by atoms with Gasteiger partial charge in [0.1, 0.15) is 73.2 Å². The molecule has 3 aliphatic rings. The van der Waals surface area contributed by atoms with Crippen molar-refractivity contribution in [1.82, 2.24) is 5.32 Å². The van der Waals surface area contributed by atoms with Crippen molar-refractivity contribution in [3.05, 3.63) is 134 Å². The number of carbonyl (C=O) groups is 1. The molecule has 0 aromatic carbocycles. The molecule has 3 fully saturated rings. The number of hydrogen-bond donors (Lipinski definition) is 12. The maximum absolute atomic E-state index is 13.5. The maximum atomic E-state index is 13.5. The molecule has 17 atom stereocenters. The number of nitrogens with one attached hydrogen (secondary N) is 1. The van der Waals surface area contributed by atoms with Crippen LogP contribution in [-0.4, -0.2) is 193 Å². The van der Waals surface area contributed by atoms with Crippen molar-refractivity contribution in [3.8, 4) is 0 Å². The van der Waals surface area contributed by atoms with Crippen LogP contribution in [0, 0.1) is 0 Å². The molecule has 3 rings (SSSR count). The Labute approximate surface area is 632 Å². The predicted octanol–water partition coefficient (Wildman–Crippen LogP) is 14.1. The summed E-state index contributed by atoms with van der Waals surface area (Å²) in [5.41, 5.74) is 0. The molecule has 3 saturated heterocycles. The Morgan fingerprint density at radius 1 is 0.352 bits per heavy atom. The first kappa shape index (κ1) is 95.1. The first-order valence-corrected chi connectivity index (χ1v) is 40.9. The fourth-order valence-electron chi connectivity index (χ4n) is 12.9. The second kappa shape index (κ2) is 64.7. The first-order valence-electron chi connectivity index (χ1n) is 40.9. The number of amides is 1. The molecular weight excluding hydrogens is 1330 g/mol. The van der Waals surface area contributed by atoms with Crippen molar-refractivity contribution in [2.75, 3.05) is 26.4 Å². The van der Waals surface area contributed by atoms with Crippen LogP contribution in [0.1, 0.15) is 271 Å². The third-order valence-corrected chi connectivity index (χ3v) is 19.4. The minimum atomic E-state index is -1.99. The molecule has 0 aromatic heterocycles. The van der Waals surface area contributed by atoms with Gasteiger partial charge < -0.3 is 89.9 Å². The van der Waals surface area contributed by atoms with E-state index in [0.29, 0.717) is 12.8 Å². The molecule has 602 valence electrons. The summed E-state index contributed by atoms with van der Waals surface area (Å²) in [5.74, 6) is -0.292. The lowest BCUT2D eigenvalue weighted by molar-refractivity contribution is -0.379. The van der Waals surface area contributed by atoms with Crippen LogP contribution in [0.2, 0.25) is 0 Å². The lowest BCUT2D eigenvalue weighted by atomic mass is 9.96. The molecule has 3 aliphatic heterocycles. The molecule has 0 saturated carbocycles. The maximum Gasteiger partial charge on any atom is 0.220 e. The van der Waals surface area contributed by atoms with Crippen molar-refractivity contribution in [1.29, 1.82) is 0 Å². The SMILES string of the molecule is CC/C=C\C/C=C\C/C=C\C/C=C\C/C=C\C/C=C\C/C=C\C/C=C\CCCCCCCCCCCCCCCCCCC(=O)NC(COC1OC(CO)C(OC2OC(CO)C(OC3OC(CO)C(O)C(O)C3O)C(O)C2O)C(O)C1O)C(O)/C=C/CC/C=C/CC/C=C/CCCCCCCCCCC. The Morgan fingerprint density at radius 3 is 1.07 bits per heavy atom. The molecular formula is C86H145NO18. The fourth-order valence-corrected chi connectivity index (χ4v) is 12.9. The summed E-state index contributed by atoms with van der Waals surface area (Å²) in [4.78, 5) is 13.5. The standard InChI is InChI=1S/C86H145NO18/c1-3-5-7-9-11-13-15-17-19-21-23-24-25-26-27-28-29-30-31-32-33-34-35-36-37-38-39-40-41-42-43-44-46-48-50-52-54-56-58-60-62-64-74(92)87-69(70(91)63-61-59-57-55-53-51-49-47-45-22-20-18-16-14-12-10-8-6-4-2)68-100-84-80(98)77(95)82(72(66-89)102-84)105-86-81(99)78(96)83(73(67-90)103-86)104-85-79(97)76(94)75(93)71(65-88)101-85/h5,7,11,13,17,19,23-24,26-27,29-30,32-33,35-36,45,47,53,55,61,63,69-73,75-86,88-91,93-99H,3-4,6,8-10,12,14-16,18,20-22,25,28,31,34,37-44,46,48-52,54,56-60,62,64-68H2,1-2H3,(H,87,92)/b7-5-,13-11-,19-17-,24-23-,27-26-,30-29-,33-32-,36-35-,47-45+,55-53+,63-61+. The Bertz CT molecular complexity index is 2420. The van der Waals surface area contributed by atoms with E-state index in [9.17, 15) is 61.0 Å². The summed E-state index contributed by atoms with van der Waals surface area (Å²) in [6.07, 6.45) is 65.9. The number of hydrogen-bond acceptors (Lipinski definition) is 18. The van der Waals surface area contributed by atoms with Crippen molar-refractivity contribution >= 4 is 5.91 Å². The zero-order valence-electron chi connectivity index (χ0n) is 64.4. The van der Waals surface area contributed by atoms with Crippen molar-refractivity contribution < 1.29 is 89.4 Å². The zero-order chi connectivity index (χ0) is 76.0. The van der Waals surface area contributed by atoms with Crippen molar-refractivity contribution in [2.45, 2.75) is 375 Å². The smallest absolute Gasteiger partial charge is 0.220 e. The van der Waals surface area contributed by atoms with E-state index >= 15 is 0 Å². The highest BCUT2D eigenvalue weighted by Crippen LogP contribution is 2.33. The van der Waals surface area contributed by atoms with Gasteiger partial charge in [0, 0.05) is 6.42 Å². The first-order chi connectivity index (χ1) is 51.3. The Kier molecular flexibility index (Phi) is 58.6. The lowest BCUT2D eigenvalue weighted by Gasteiger charge is -2.48. The molecule has 0 aliphatic carbocycles. The number of aliphatic hydroxyl groups is 11. The highest BCUT2D eigenvalue weighted by atomic mass is 16.8. The Morgan fingerprint density at radius 2 is 0.667 bits per heavy atom. The highest BCUT2D eigenvalue weighted by Gasteiger charge is 2.54. The molecule has 19 nitrogen and oxygen atoms in total. The van der Waals surface area contributed by atoms with Crippen molar-refractivity contribution in [2.24, 2.45) is 0 Å². The second-order valence-corrected chi connectivity index (χ2v) is 28.5. The van der Waals surface area contributed by atoms with Gasteiger partial charge in [0.25, 0.3) is 0 Å². The number of aliphatic hydroxyl groups excluding tert-OH is 11. The van der Waals surface area contributed by atoms with E-state index in [1.807, 2.05) is 6.08 Å². The third kappa shape index (κ3) is 44.4. The van der Waals surface area contributed by atoms with E-state index in [4.69, 9.17) is 28.4 Å². The lowest BCUT2D eigenvalue weighted by Crippen LogP contribution is -2.66. The third-order valence-electron chi connectivity index (χ3n) is 19.4. The molecule has 0 radical (unpaired) electrons. The predicted molar refractivity (Wildman–Crippen MR) is 419 cm³/mol. The van der Waals surface area contributed by atoms with E-state index in [1.54, 1.807) is 6.08 Å². The average Bonchev–Trinajstić information content (AvgIpc) is 0.781. The largest absolute Gasteiger partial charge is 0.394 e. The monoisotopic (exact) mass is 1480 g/mol. The van der Waals surface area contributed by atoms with Crippen LogP contribution in [0.15, 0.2) is 134 Å². The van der Waals surface area contributed by atoms with Gasteiger partial charge in [0.2, 0.25) is 5.91 Å². The van der Waals surface area contributed by atoms with E-state index < -0.39 is 124 Å². The van der Waals surface area contributed by atoms with Crippen LogP contribution in [-0.2, 0) is 33.2 Å². The van der Waals surface area contributed by atoms with Gasteiger partial charge in [0.05, 0.1) is 38.6 Å². The quantitative estimate of drug-likeness (QED) is 0.0199. The molecule has 17 unspecified atom stereocenters. The van der Waals surface area contributed by atoms with Crippen LogP contribution in [0.3, 0.4) is 0 Å². The second-order valence-electron chi connectivity index (χ2n) is 28.5. The number of unbranched alkanes of at least 4 members (excludes halogenated alkanes) is 27. The van der Waals surface area contributed by atoms with Gasteiger partial charge in [-0.25, -0.2) is 0 Å². The van der Waals surface area contributed by atoms with Gasteiger partial charge in [-0.3, -0.25) is 4.79 Å². The number of carbonyl (C=O) groups excluding carboxylic acids is 1. The molecule has 0 aromatic rings. The summed E-state index contributed by atoms with van der Waals surface area (Å²) < 4.78 is 34.4. The minimum Gasteiger partial charge on any atom is -0.394 e. The van der Waals surface area contributed by atoms with Crippen LogP contribution in [0.5, 0.6) is 0 Å².